The zero-order chi connectivity index (χ0) is 11.5. The maximum absolute atomic E-state index is 5.31. The Morgan fingerprint density at radius 3 is 2.94 bits per heavy atom. The lowest BCUT2D eigenvalue weighted by atomic mass is 10.0. The largest absolute Gasteiger partial charge is 0.497 e. The quantitative estimate of drug-likeness (QED) is 0.921. The number of ether oxygens (including phenoxy) is 1. The predicted molar refractivity (Wildman–Crippen MR) is 70.2 cm³/mol. The molecule has 1 heterocycles. The van der Waals surface area contributed by atoms with Crippen molar-refractivity contribution in [3.05, 3.63) is 27.7 Å². The molecule has 2 rings (SSSR count). The molecule has 0 radical (unpaired) electrons. The van der Waals surface area contributed by atoms with Gasteiger partial charge in [0, 0.05) is 10.5 Å². The number of halogens is 1. The Kier molecular flexibility index (Phi) is 3.87. The topological polar surface area (TPSA) is 21.3 Å². The van der Waals surface area contributed by atoms with Gasteiger partial charge in [0.1, 0.15) is 5.75 Å². The fourth-order valence-corrected chi connectivity index (χ4v) is 2.66. The first-order valence-corrected chi connectivity index (χ1v) is 6.56. The van der Waals surface area contributed by atoms with E-state index in [-0.39, 0.29) is 0 Å². The van der Waals surface area contributed by atoms with Crippen LogP contribution in [0.2, 0.25) is 0 Å². The summed E-state index contributed by atoms with van der Waals surface area (Å²) in [6, 6.07) is 4.83. The van der Waals surface area contributed by atoms with Gasteiger partial charge in [0.2, 0.25) is 0 Å². The highest BCUT2D eigenvalue weighted by molar-refractivity contribution is 9.10. The molecule has 1 N–H and O–H groups in total. The molecule has 0 saturated carbocycles. The number of methoxy groups -OCH3 is 1. The van der Waals surface area contributed by atoms with Crippen LogP contribution in [-0.2, 0) is 6.42 Å². The molecule has 1 unspecified atom stereocenters. The second kappa shape index (κ2) is 5.19. The van der Waals surface area contributed by atoms with E-state index in [0.29, 0.717) is 6.04 Å². The smallest absolute Gasteiger partial charge is 0.119 e. The van der Waals surface area contributed by atoms with Gasteiger partial charge in [-0.25, -0.2) is 0 Å². The summed E-state index contributed by atoms with van der Waals surface area (Å²) < 4.78 is 6.54. The van der Waals surface area contributed by atoms with Crippen LogP contribution >= 0.6 is 15.9 Å². The fraction of sp³-hybridized carbons (Fsp3) is 0.538. The molecule has 0 aromatic heterocycles. The number of hydrogen-bond donors (Lipinski definition) is 1. The lowest BCUT2D eigenvalue weighted by molar-refractivity contribution is 0.413. The van der Waals surface area contributed by atoms with Gasteiger partial charge in [-0.15, -0.1) is 0 Å². The minimum Gasteiger partial charge on any atom is -0.497 e. The van der Waals surface area contributed by atoms with Crippen LogP contribution in [0.3, 0.4) is 0 Å². The summed E-state index contributed by atoms with van der Waals surface area (Å²) in [4.78, 5) is 0. The van der Waals surface area contributed by atoms with Gasteiger partial charge >= 0.3 is 0 Å². The average Bonchev–Trinajstić information content (AvgIpc) is 2.77. The summed E-state index contributed by atoms with van der Waals surface area (Å²) in [5.41, 5.74) is 2.59. The van der Waals surface area contributed by atoms with Crippen LogP contribution in [-0.4, -0.2) is 19.7 Å². The van der Waals surface area contributed by atoms with E-state index in [2.05, 4.69) is 40.3 Å². The van der Waals surface area contributed by atoms with Crippen LogP contribution in [0.1, 0.15) is 24.0 Å². The second-order valence-corrected chi connectivity index (χ2v) is 5.21. The zero-order valence-corrected chi connectivity index (χ0v) is 11.4. The number of nitrogens with one attached hydrogen (secondary N) is 1. The van der Waals surface area contributed by atoms with Crippen molar-refractivity contribution in [2.75, 3.05) is 13.7 Å². The van der Waals surface area contributed by atoms with Gasteiger partial charge in [-0.2, -0.15) is 0 Å². The summed E-state index contributed by atoms with van der Waals surface area (Å²) in [6.45, 7) is 3.27. The van der Waals surface area contributed by atoms with Gasteiger partial charge in [-0.1, -0.05) is 15.9 Å². The first kappa shape index (κ1) is 11.9. The molecule has 1 aromatic carbocycles. The van der Waals surface area contributed by atoms with Gasteiger partial charge in [0.15, 0.2) is 0 Å². The zero-order valence-electron chi connectivity index (χ0n) is 9.85. The van der Waals surface area contributed by atoms with Crippen LogP contribution < -0.4 is 10.1 Å². The van der Waals surface area contributed by atoms with Gasteiger partial charge < -0.3 is 10.1 Å². The Balaban J connectivity index is 2.20. The van der Waals surface area contributed by atoms with E-state index < -0.39 is 0 Å². The fourth-order valence-electron chi connectivity index (χ4n) is 2.27. The predicted octanol–water partition coefficient (Wildman–Crippen LogP) is 3.06. The van der Waals surface area contributed by atoms with Crippen LogP contribution in [0.25, 0.3) is 0 Å². The molecule has 1 aromatic rings. The molecule has 3 heteroatoms. The Morgan fingerprint density at radius 1 is 1.50 bits per heavy atom. The Hall–Kier alpha value is -0.540. The van der Waals surface area contributed by atoms with Crippen molar-refractivity contribution < 1.29 is 4.74 Å². The monoisotopic (exact) mass is 283 g/mol. The minimum atomic E-state index is 0.628. The first-order valence-electron chi connectivity index (χ1n) is 5.77. The Bertz CT molecular complexity index is 372. The lowest BCUT2D eigenvalue weighted by Gasteiger charge is -2.14. The van der Waals surface area contributed by atoms with Gasteiger partial charge in [-0.3, -0.25) is 0 Å². The standard InChI is InChI=1S/C13H18BrNO/c1-9-6-12(16-2)8-10(13(9)14)7-11-4-3-5-15-11/h6,8,11,15H,3-5,7H2,1-2H3. The highest BCUT2D eigenvalue weighted by Gasteiger charge is 2.16. The maximum Gasteiger partial charge on any atom is 0.119 e. The molecule has 1 aliphatic heterocycles. The van der Waals surface area contributed by atoms with Crippen molar-refractivity contribution in [2.24, 2.45) is 0 Å². The van der Waals surface area contributed by atoms with E-state index >= 15 is 0 Å². The van der Waals surface area contributed by atoms with Gasteiger partial charge in [-0.05, 0) is 56.0 Å². The molecule has 16 heavy (non-hydrogen) atoms. The number of benzene rings is 1. The first-order chi connectivity index (χ1) is 7.70. The molecule has 2 nitrogen and oxygen atoms in total. The Labute approximate surface area is 106 Å². The van der Waals surface area contributed by atoms with E-state index in [1.807, 2.05) is 0 Å². The van der Waals surface area contributed by atoms with Crippen molar-refractivity contribution in [1.82, 2.24) is 5.32 Å². The molecule has 1 aliphatic rings. The number of aryl methyl sites for hydroxylation is 1. The summed E-state index contributed by atoms with van der Waals surface area (Å²) in [5, 5.41) is 3.53. The third kappa shape index (κ3) is 2.58. The summed E-state index contributed by atoms with van der Waals surface area (Å²) in [7, 11) is 1.72. The molecule has 0 aliphatic carbocycles. The van der Waals surface area contributed by atoms with Crippen molar-refractivity contribution in [3.8, 4) is 5.75 Å². The van der Waals surface area contributed by atoms with E-state index in [9.17, 15) is 0 Å². The maximum atomic E-state index is 5.31. The minimum absolute atomic E-state index is 0.628. The molecule has 0 amide bonds. The third-order valence-electron chi connectivity index (χ3n) is 3.17. The van der Waals surface area contributed by atoms with E-state index in [4.69, 9.17) is 4.74 Å². The van der Waals surface area contributed by atoms with E-state index in [0.717, 1.165) is 18.7 Å². The molecule has 1 fully saturated rings. The molecular formula is C13H18BrNO. The Morgan fingerprint density at radius 2 is 2.31 bits per heavy atom. The third-order valence-corrected chi connectivity index (χ3v) is 4.30. The van der Waals surface area contributed by atoms with Crippen molar-refractivity contribution in [1.29, 1.82) is 0 Å². The molecule has 0 spiro atoms. The SMILES string of the molecule is COc1cc(C)c(Br)c(CC2CCCN2)c1. The van der Waals surface area contributed by atoms with E-state index in [1.54, 1.807) is 7.11 Å². The molecule has 0 bridgehead atoms. The van der Waals surface area contributed by atoms with Crippen molar-refractivity contribution in [3.63, 3.8) is 0 Å². The normalized spacial score (nSPS) is 20.1. The van der Waals surface area contributed by atoms with Crippen LogP contribution in [0.4, 0.5) is 0 Å². The number of rotatable bonds is 3. The summed E-state index contributed by atoms with van der Waals surface area (Å²) in [6.07, 6.45) is 3.66. The molecular weight excluding hydrogens is 266 g/mol. The van der Waals surface area contributed by atoms with Crippen LogP contribution in [0.15, 0.2) is 16.6 Å². The summed E-state index contributed by atoms with van der Waals surface area (Å²) >= 11 is 3.67. The number of hydrogen-bond acceptors (Lipinski definition) is 2. The van der Waals surface area contributed by atoms with Gasteiger partial charge in [0.05, 0.1) is 7.11 Å². The van der Waals surface area contributed by atoms with Crippen molar-refractivity contribution >= 4 is 15.9 Å². The highest BCUT2D eigenvalue weighted by atomic mass is 79.9. The second-order valence-electron chi connectivity index (χ2n) is 4.41. The lowest BCUT2D eigenvalue weighted by Crippen LogP contribution is -2.23. The van der Waals surface area contributed by atoms with Crippen LogP contribution in [0, 0.1) is 6.92 Å². The van der Waals surface area contributed by atoms with Gasteiger partial charge in [0.25, 0.3) is 0 Å². The average molecular weight is 284 g/mol. The highest BCUT2D eigenvalue weighted by Crippen LogP contribution is 2.28. The molecule has 88 valence electrons. The van der Waals surface area contributed by atoms with Crippen LogP contribution in [0.5, 0.6) is 5.75 Å². The molecule has 1 saturated heterocycles. The molecule has 1 atom stereocenters. The summed E-state index contributed by atoms with van der Waals surface area (Å²) in [5.74, 6) is 0.952. The van der Waals surface area contributed by atoms with Crippen molar-refractivity contribution in [2.45, 2.75) is 32.2 Å². The van der Waals surface area contributed by atoms with E-state index in [1.165, 1.54) is 28.4 Å².